The summed E-state index contributed by atoms with van der Waals surface area (Å²) in [5, 5.41) is 6.79. The molecule has 0 saturated carbocycles. The maximum absolute atomic E-state index is 13.3. The molecule has 1 aliphatic heterocycles. The standard InChI is InChI=1S/C18H18F3N3O/c19-18(20,21)17-13-3-1-2-4-15(13)24(23-17)12-7-5-11(6-8-12)14-9-10-16(25)22-14/h5-8,14H,1-4,9-10H2,(H,22,25)/t14-/m0/s1. The number of halogens is 3. The largest absolute Gasteiger partial charge is 0.435 e. The monoisotopic (exact) mass is 349 g/mol. The topological polar surface area (TPSA) is 46.9 Å². The van der Waals surface area contributed by atoms with Gasteiger partial charge < -0.3 is 5.32 Å². The molecule has 2 heterocycles. The van der Waals surface area contributed by atoms with Crippen LogP contribution in [0.2, 0.25) is 0 Å². The Hall–Kier alpha value is -2.31. The van der Waals surface area contributed by atoms with E-state index < -0.39 is 11.9 Å². The second-order valence-corrected chi connectivity index (χ2v) is 6.64. The highest BCUT2D eigenvalue weighted by molar-refractivity contribution is 5.78. The summed E-state index contributed by atoms with van der Waals surface area (Å²) in [7, 11) is 0. The lowest BCUT2D eigenvalue weighted by Gasteiger charge is -2.15. The van der Waals surface area contributed by atoms with E-state index in [4.69, 9.17) is 0 Å². The van der Waals surface area contributed by atoms with Crippen molar-refractivity contribution in [3.8, 4) is 5.69 Å². The fourth-order valence-electron chi connectivity index (χ4n) is 3.75. The van der Waals surface area contributed by atoms with E-state index in [1.54, 1.807) is 12.1 Å². The molecule has 0 spiro atoms. The van der Waals surface area contributed by atoms with E-state index in [0.717, 1.165) is 24.8 Å². The van der Waals surface area contributed by atoms with Gasteiger partial charge in [-0.25, -0.2) is 4.68 Å². The molecule has 0 unspecified atom stereocenters. The second kappa shape index (κ2) is 5.89. The number of nitrogens with zero attached hydrogens (tertiary/aromatic N) is 2. The zero-order valence-electron chi connectivity index (χ0n) is 13.6. The molecule has 1 amide bonds. The van der Waals surface area contributed by atoms with Gasteiger partial charge in [0, 0.05) is 17.7 Å². The maximum Gasteiger partial charge on any atom is 0.435 e. The Kier molecular flexibility index (Phi) is 3.81. The van der Waals surface area contributed by atoms with Crippen molar-refractivity contribution in [1.29, 1.82) is 0 Å². The van der Waals surface area contributed by atoms with Gasteiger partial charge in [0.05, 0.1) is 11.7 Å². The lowest BCUT2D eigenvalue weighted by atomic mass is 9.95. The molecule has 1 saturated heterocycles. The molecule has 2 aromatic rings. The molecule has 2 aliphatic rings. The van der Waals surface area contributed by atoms with Crippen LogP contribution in [0.25, 0.3) is 5.69 Å². The third-order valence-corrected chi connectivity index (χ3v) is 4.98. The molecule has 1 N–H and O–H groups in total. The summed E-state index contributed by atoms with van der Waals surface area (Å²) in [6, 6.07) is 7.26. The molecule has 4 rings (SSSR count). The highest BCUT2D eigenvalue weighted by Crippen LogP contribution is 2.37. The quantitative estimate of drug-likeness (QED) is 0.898. The van der Waals surface area contributed by atoms with Gasteiger partial charge in [-0.1, -0.05) is 12.1 Å². The number of nitrogens with one attached hydrogen (secondary N) is 1. The van der Waals surface area contributed by atoms with Crippen LogP contribution in [0, 0.1) is 0 Å². The van der Waals surface area contributed by atoms with E-state index in [9.17, 15) is 18.0 Å². The molecule has 4 nitrogen and oxygen atoms in total. The number of amides is 1. The Morgan fingerprint density at radius 3 is 2.44 bits per heavy atom. The first-order valence-corrected chi connectivity index (χ1v) is 8.51. The molecule has 132 valence electrons. The molecule has 1 aromatic heterocycles. The van der Waals surface area contributed by atoms with Crippen LogP contribution in [0.3, 0.4) is 0 Å². The average molecular weight is 349 g/mol. The highest BCUT2D eigenvalue weighted by atomic mass is 19.4. The zero-order valence-corrected chi connectivity index (χ0v) is 13.6. The van der Waals surface area contributed by atoms with Gasteiger partial charge >= 0.3 is 6.18 Å². The van der Waals surface area contributed by atoms with Gasteiger partial charge in [0.2, 0.25) is 5.91 Å². The maximum atomic E-state index is 13.3. The molecular weight excluding hydrogens is 331 g/mol. The number of carbonyl (C=O) groups excluding carboxylic acids is 1. The summed E-state index contributed by atoms with van der Waals surface area (Å²) in [5.74, 6) is 0.0324. The Labute approximate surface area is 143 Å². The van der Waals surface area contributed by atoms with Crippen LogP contribution in [0.1, 0.15) is 54.2 Å². The van der Waals surface area contributed by atoms with Gasteiger partial charge in [0.15, 0.2) is 5.69 Å². The van der Waals surface area contributed by atoms with E-state index in [1.165, 1.54) is 4.68 Å². The van der Waals surface area contributed by atoms with Crippen LogP contribution in [0.5, 0.6) is 0 Å². The third kappa shape index (κ3) is 2.92. The van der Waals surface area contributed by atoms with Crippen LogP contribution in [0.15, 0.2) is 24.3 Å². The van der Waals surface area contributed by atoms with Crippen LogP contribution in [0.4, 0.5) is 13.2 Å². The number of fused-ring (bicyclic) bond motifs is 1. The lowest BCUT2D eigenvalue weighted by Crippen LogP contribution is -2.18. The molecule has 1 fully saturated rings. The van der Waals surface area contributed by atoms with Crippen LogP contribution in [-0.4, -0.2) is 15.7 Å². The summed E-state index contributed by atoms with van der Waals surface area (Å²) in [6.07, 6.45) is -0.498. The van der Waals surface area contributed by atoms with Gasteiger partial charge in [0.1, 0.15) is 0 Å². The van der Waals surface area contributed by atoms with E-state index in [-0.39, 0.29) is 11.9 Å². The Bertz CT molecular complexity index is 808. The van der Waals surface area contributed by atoms with Crippen molar-refractivity contribution in [3.63, 3.8) is 0 Å². The number of hydrogen-bond donors (Lipinski definition) is 1. The number of benzene rings is 1. The number of alkyl halides is 3. The number of carbonyl (C=O) groups is 1. The number of hydrogen-bond acceptors (Lipinski definition) is 2. The van der Waals surface area contributed by atoms with Gasteiger partial charge in [-0.2, -0.15) is 18.3 Å². The van der Waals surface area contributed by atoms with Crippen LogP contribution < -0.4 is 5.32 Å². The first kappa shape index (κ1) is 16.2. The van der Waals surface area contributed by atoms with Gasteiger partial charge in [-0.3, -0.25) is 4.79 Å². The molecule has 25 heavy (non-hydrogen) atoms. The summed E-state index contributed by atoms with van der Waals surface area (Å²) in [5.41, 5.74) is 1.84. The Balaban J connectivity index is 1.70. The van der Waals surface area contributed by atoms with Crippen LogP contribution >= 0.6 is 0 Å². The lowest BCUT2D eigenvalue weighted by molar-refractivity contribution is -0.142. The summed E-state index contributed by atoms with van der Waals surface area (Å²) in [6.45, 7) is 0. The molecule has 0 radical (unpaired) electrons. The average Bonchev–Trinajstić information content (AvgIpc) is 3.18. The molecule has 1 aromatic carbocycles. The minimum atomic E-state index is -4.43. The first-order chi connectivity index (χ1) is 11.9. The van der Waals surface area contributed by atoms with Crippen LogP contribution in [-0.2, 0) is 23.8 Å². The summed E-state index contributed by atoms with van der Waals surface area (Å²) in [4.78, 5) is 11.3. The summed E-state index contributed by atoms with van der Waals surface area (Å²) < 4.78 is 41.3. The predicted octanol–water partition coefficient (Wildman–Crippen LogP) is 3.72. The van der Waals surface area contributed by atoms with E-state index in [2.05, 4.69) is 10.4 Å². The molecular formula is C18H18F3N3O. The first-order valence-electron chi connectivity index (χ1n) is 8.51. The smallest absolute Gasteiger partial charge is 0.349 e. The number of rotatable bonds is 2. The Morgan fingerprint density at radius 2 is 1.80 bits per heavy atom. The van der Waals surface area contributed by atoms with E-state index in [0.29, 0.717) is 36.2 Å². The minimum absolute atomic E-state index is 0.0150. The van der Waals surface area contributed by atoms with Crippen molar-refractivity contribution in [1.82, 2.24) is 15.1 Å². The van der Waals surface area contributed by atoms with E-state index in [1.807, 2.05) is 12.1 Å². The van der Waals surface area contributed by atoms with Gasteiger partial charge in [-0.05, 0) is 49.8 Å². The van der Waals surface area contributed by atoms with Gasteiger partial charge in [-0.15, -0.1) is 0 Å². The fourth-order valence-corrected chi connectivity index (χ4v) is 3.75. The summed E-state index contributed by atoms with van der Waals surface area (Å²) >= 11 is 0. The zero-order chi connectivity index (χ0) is 17.6. The third-order valence-electron chi connectivity index (χ3n) is 4.98. The Morgan fingerprint density at radius 1 is 1.08 bits per heavy atom. The molecule has 0 bridgehead atoms. The number of aromatic nitrogens is 2. The van der Waals surface area contributed by atoms with Crippen molar-refractivity contribution in [3.05, 3.63) is 46.8 Å². The van der Waals surface area contributed by atoms with Gasteiger partial charge in [0.25, 0.3) is 0 Å². The van der Waals surface area contributed by atoms with Crippen molar-refractivity contribution in [2.45, 2.75) is 50.7 Å². The predicted molar refractivity (Wildman–Crippen MR) is 85.3 cm³/mol. The molecule has 1 atom stereocenters. The minimum Gasteiger partial charge on any atom is -0.349 e. The highest BCUT2D eigenvalue weighted by Gasteiger charge is 2.39. The van der Waals surface area contributed by atoms with Crippen molar-refractivity contribution < 1.29 is 18.0 Å². The molecule has 7 heteroatoms. The van der Waals surface area contributed by atoms with Crippen molar-refractivity contribution in [2.75, 3.05) is 0 Å². The van der Waals surface area contributed by atoms with Crippen molar-refractivity contribution >= 4 is 5.91 Å². The fraction of sp³-hybridized carbons (Fsp3) is 0.444. The normalized spacial score (nSPS) is 20.4. The SMILES string of the molecule is O=C1CC[C@@H](c2ccc(-n3nc(C(F)(F)F)c4c3CCCC4)cc2)N1. The second-order valence-electron chi connectivity index (χ2n) is 6.64. The van der Waals surface area contributed by atoms with E-state index >= 15 is 0 Å². The molecule has 1 aliphatic carbocycles. The van der Waals surface area contributed by atoms with Crippen molar-refractivity contribution in [2.24, 2.45) is 0 Å².